The monoisotopic (exact) mass is 464 g/mol. The quantitative estimate of drug-likeness (QED) is 0.616. The highest BCUT2D eigenvalue weighted by Crippen LogP contribution is 2.35. The molecule has 2 aromatic carbocycles. The second-order valence-corrected chi connectivity index (χ2v) is 9.03. The second-order valence-electron chi connectivity index (χ2n) is 9.03. The van der Waals surface area contributed by atoms with Crippen LogP contribution in [-0.2, 0) is 11.3 Å². The average molecular weight is 465 g/mol. The number of carbonyl (C=O) groups is 2. The molecule has 0 unspecified atom stereocenters. The van der Waals surface area contributed by atoms with Gasteiger partial charge in [-0.2, -0.15) is 0 Å². The van der Waals surface area contributed by atoms with Gasteiger partial charge >= 0.3 is 6.09 Å². The molecule has 7 nitrogen and oxygen atoms in total. The van der Waals surface area contributed by atoms with Gasteiger partial charge < -0.3 is 24.7 Å². The third kappa shape index (κ3) is 5.25. The van der Waals surface area contributed by atoms with Gasteiger partial charge in [0.15, 0.2) is 0 Å². The largest absolute Gasteiger partial charge is 0.491 e. The summed E-state index contributed by atoms with van der Waals surface area (Å²) in [6, 6.07) is 13.8. The molecule has 0 spiro atoms. The Morgan fingerprint density at radius 3 is 2.50 bits per heavy atom. The van der Waals surface area contributed by atoms with Crippen LogP contribution in [0.25, 0.3) is 5.57 Å². The highest BCUT2D eigenvalue weighted by Gasteiger charge is 2.37. The highest BCUT2D eigenvalue weighted by atomic mass is 16.5. The summed E-state index contributed by atoms with van der Waals surface area (Å²) in [5.74, 6) is 0.564. The van der Waals surface area contributed by atoms with E-state index in [9.17, 15) is 14.7 Å². The Kier molecular flexibility index (Phi) is 7.22. The lowest BCUT2D eigenvalue weighted by atomic mass is 9.92. The number of hydrogen-bond acceptors (Lipinski definition) is 4. The van der Waals surface area contributed by atoms with Crippen molar-refractivity contribution >= 4 is 17.6 Å². The van der Waals surface area contributed by atoms with Gasteiger partial charge in [0, 0.05) is 24.7 Å². The first-order valence-corrected chi connectivity index (χ1v) is 11.8. The molecule has 34 heavy (non-hydrogen) atoms. The Balaban J connectivity index is 1.67. The van der Waals surface area contributed by atoms with Gasteiger partial charge in [-0.3, -0.25) is 4.79 Å². The lowest BCUT2D eigenvalue weighted by Gasteiger charge is -2.32. The Morgan fingerprint density at radius 2 is 1.85 bits per heavy atom. The molecule has 2 N–H and O–H groups in total. The molecule has 0 aromatic heterocycles. The molecule has 1 fully saturated rings. The van der Waals surface area contributed by atoms with Crippen LogP contribution in [0.1, 0.15) is 41.5 Å². The minimum atomic E-state index is -1.01. The number of aryl methyl sites for hydroxylation is 1. The smallest absolute Gasteiger partial charge is 0.407 e. The van der Waals surface area contributed by atoms with Crippen molar-refractivity contribution in [3.05, 3.63) is 70.3 Å². The van der Waals surface area contributed by atoms with E-state index in [1.807, 2.05) is 35.2 Å². The van der Waals surface area contributed by atoms with Gasteiger partial charge in [0.1, 0.15) is 12.4 Å². The van der Waals surface area contributed by atoms with Gasteiger partial charge in [-0.15, -0.1) is 0 Å². The maximum Gasteiger partial charge on any atom is 0.407 e. The molecule has 7 heteroatoms. The molecule has 0 bridgehead atoms. The van der Waals surface area contributed by atoms with Crippen molar-refractivity contribution < 1.29 is 24.5 Å². The van der Waals surface area contributed by atoms with Gasteiger partial charge in [-0.1, -0.05) is 30.3 Å². The molecule has 1 aliphatic carbocycles. The van der Waals surface area contributed by atoms with Crippen molar-refractivity contribution in [3.63, 3.8) is 0 Å². The molecule has 1 saturated carbocycles. The second kappa shape index (κ2) is 10.3. The van der Waals surface area contributed by atoms with Crippen LogP contribution in [0, 0.1) is 13.8 Å². The molecule has 2 aliphatic rings. The lowest BCUT2D eigenvalue weighted by molar-refractivity contribution is -0.128. The van der Waals surface area contributed by atoms with Gasteiger partial charge in [-0.25, -0.2) is 4.79 Å². The number of nitrogens with zero attached hydrogens (tertiary/aromatic N) is 2. The summed E-state index contributed by atoms with van der Waals surface area (Å²) in [5.41, 5.74) is 5.84. The van der Waals surface area contributed by atoms with E-state index in [0.717, 1.165) is 29.5 Å². The van der Waals surface area contributed by atoms with Crippen molar-refractivity contribution in [2.75, 3.05) is 26.3 Å². The zero-order chi connectivity index (χ0) is 24.2. The Labute approximate surface area is 200 Å². The average Bonchev–Trinajstić information content (AvgIpc) is 3.68. The number of aliphatic hydroxyl groups is 1. The zero-order valence-corrected chi connectivity index (χ0v) is 19.8. The summed E-state index contributed by atoms with van der Waals surface area (Å²) >= 11 is 0. The molecule has 0 saturated heterocycles. The van der Waals surface area contributed by atoms with Gasteiger partial charge in [0.05, 0.1) is 13.2 Å². The molecule has 2 aromatic rings. The van der Waals surface area contributed by atoms with Crippen molar-refractivity contribution in [2.45, 2.75) is 45.7 Å². The van der Waals surface area contributed by atoms with Gasteiger partial charge in [-0.05, 0) is 73.1 Å². The predicted octanol–water partition coefficient (Wildman–Crippen LogP) is 4.00. The van der Waals surface area contributed by atoms with E-state index >= 15 is 0 Å². The number of carbonyl (C=O) groups excluding carboxylic acids is 1. The van der Waals surface area contributed by atoms with Crippen molar-refractivity contribution in [1.29, 1.82) is 0 Å². The first-order valence-electron chi connectivity index (χ1n) is 11.8. The topological polar surface area (TPSA) is 90.3 Å². The van der Waals surface area contributed by atoms with Crippen molar-refractivity contribution in [1.82, 2.24) is 9.80 Å². The summed E-state index contributed by atoms with van der Waals surface area (Å²) in [6.45, 7) is 5.27. The standard InChI is InChI=1S/C27H32N2O5/c1-18-4-3-5-21(19(18)2)16-29(22-8-9-22)26(31)25-17-28(27(32)33)13-12-24(25)20-6-10-23(11-7-20)34-15-14-30/h3-7,10-11,22,30H,8-9,12-17H2,1-2H3,(H,32,33). The fourth-order valence-corrected chi connectivity index (χ4v) is 4.45. The lowest BCUT2D eigenvalue weighted by Crippen LogP contribution is -2.42. The van der Waals surface area contributed by atoms with E-state index in [0.29, 0.717) is 30.8 Å². The van der Waals surface area contributed by atoms with E-state index in [1.165, 1.54) is 16.0 Å². The van der Waals surface area contributed by atoms with Crippen LogP contribution < -0.4 is 4.74 Å². The SMILES string of the molecule is Cc1cccc(CN(C(=O)C2=C(c3ccc(OCCO)cc3)CCN(C(=O)O)C2)C2CC2)c1C. The minimum absolute atomic E-state index is 0.0615. The van der Waals surface area contributed by atoms with Crippen molar-refractivity contribution in [2.24, 2.45) is 0 Å². The van der Waals surface area contributed by atoms with Crippen LogP contribution >= 0.6 is 0 Å². The molecule has 0 atom stereocenters. The van der Waals surface area contributed by atoms with Crippen LogP contribution in [-0.4, -0.2) is 64.4 Å². The number of rotatable bonds is 8. The molecular formula is C27H32N2O5. The third-order valence-electron chi connectivity index (χ3n) is 6.74. The van der Waals surface area contributed by atoms with E-state index in [4.69, 9.17) is 9.84 Å². The fourth-order valence-electron chi connectivity index (χ4n) is 4.45. The summed E-state index contributed by atoms with van der Waals surface area (Å²) in [4.78, 5) is 28.9. The number of amides is 2. The maximum absolute atomic E-state index is 13.9. The maximum atomic E-state index is 13.9. The van der Waals surface area contributed by atoms with Crippen LogP contribution in [0.4, 0.5) is 4.79 Å². The van der Waals surface area contributed by atoms with Gasteiger partial charge in [0.2, 0.25) is 0 Å². The molecule has 2 amide bonds. The molecular weight excluding hydrogens is 432 g/mol. The highest BCUT2D eigenvalue weighted by molar-refractivity contribution is 6.03. The third-order valence-corrected chi connectivity index (χ3v) is 6.74. The van der Waals surface area contributed by atoms with Gasteiger partial charge in [0.25, 0.3) is 5.91 Å². The Morgan fingerprint density at radius 1 is 1.12 bits per heavy atom. The predicted molar refractivity (Wildman–Crippen MR) is 130 cm³/mol. The van der Waals surface area contributed by atoms with E-state index < -0.39 is 6.09 Å². The summed E-state index contributed by atoms with van der Waals surface area (Å²) in [7, 11) is 0. The minimum Gasteiger partial charge on any atom is -0.491 e. The van der Waals surface area contributed by atoms with E-state index in [-0.39, 0.29) is 31.7 Å². The van der Waals surface area contributed by atoms with E-state index in [2.05, 4.69) is 26.0 Å². The number of benzene rings is 2. The number of hydrogen-bond donors (Lipinski definition) is 2. The molecule has 0 radical (unpaired) electrons. The van der Waals surface area contributed by atoms with E-state index in [1.54, 1.807) is 0 Å². The fraction of sp³-hybridized carbons (Fsp3) is 0.407. The normalized spacial score (nSPS) is 15.9. The number of ether oxygens (including phenoxy) is 1. The first kappa shape index (κ1) is 23.8. The molecule has 4 rings (SSSR count). The Hall–Kier alpha value is -3.32. The number of aliphatic hydroxyl groups excluding tert-OH is 1. The van der Waals surface area contributed by atoms with Crippen LogP contribution in [0.3, 0.4) is 0 Å². The summed E-state index contributed by atoms with van der Waals surface area (Å²) in [5, 5.41) is 18.6. The Bertz CT molecular complexity index is 1090. The summed E-state index contributed by atoms with van der Waals surface area (Å²) in [6.07, 6.45) is 1.41. The van der Waals surface area contributed by atoms with Crippen LogP contribution in [0.15, 0.2) is 48.0 Å². The van der Waals surface area contributed by atoms with Crippen LogP contribution in [0.5, 0.6) is 5.75 Å². The first-order chi connectivity index (χ1) is 16.4. The molecule has 1 aliphatic heterocycles. The molecule has 1 heterocycles. The summed E-state index contributed by atoms with van der Waals surface area (Å²) < 4.78 is 5.46. The van der Waals surface area contributed by atoms with Crippen LogP contribution in [0.2, 0.25) is 0 Å². The number of carboxylic acid groups (broad SMARTS) is 1. The molecule has 180 valence electrons. The zero-order valence-electron chi connectivity index (χ0n) is 19.8. The van der Waals surface area contributed by atoms with Crippen molar-refractivity contribution in [3.8, 4) is 5.75 Å².